The molecule has 3 N–H and O–H groups in total. The zero-order valence-electron chi connectivity index (χ0n) is 12.8. The van der Waals surface area contributed by atoms with Gasteiger partial charge in [-0.2, -0.15) is 0 Å². The van der Waals surface area contributed by atoms with Crippen LogP contribution in [0, 0.1) is 11.8 Å². The van der Waals surface area contributed by atoms with Crippen LogP contribution in [0.2, 0.25) is 0 Å². The van der Waals surface area contributed by atoms with E-state index in [1.165, 1.54) is 17.8 Å². The second kappa shape index (κ2) is 6.38. The van der Waals surface area contributed by atoms with Crippen LogP contribution in [0.15, 0.2) is 0 Å². The van der Waals surface area contributed by atoms with Gasteiger partial charge in [0.05, 0.1) is 18.8 Å². The maximum Gasteiger partial charge on any atom is 0.251 e. The number of hydrogen-bond acceptors (Lipinski definition) is 4. The monoisotopic (exact) mass is 322 g/mol. The number of nitrogens with two attached hydrogens (primary N) is 1. The van der Waals surface area contributed by atoms with Gasteiger partial charge in [0.2, 0.25) is 5.91 Å². The summed E-state index contributed by atoms with van der Waals surface area (Å²) >= 11 is 1.43. The standard InChI is InChI=1S/C16H22N2O3S/c1-9-3-2-4-10(7-9)15(20)18-16-13(14(17)19)11-5-6-21-8-12(11)22-16/h9-10H,2-8H2,1H3,(H2,17,19)(H,18,20). The largest absolute Gasteiger partial charge is 0.376 e. The van der Waals surface area contributed by atoms with Crippen molar-refractivity contribution in [2.75, 3.05) is 11.9 Å². The number of nitrogens with one attached hydrogen (secondary N) is 1. The van der Waals surface area contributed by atoms with Crippen molar-refractivity contribution in [3.8, 4) is 0 Å². The van der Waals surface area contributed by atoms with E-state index in [0.29, 0.717) is 36.1 Å². The molecule has 6 heteroatoms. The SMILES string of the molecule is CC1CCCC(C(=O)Nc2sc3c(c2C(N)=O)CCOC3)C1. The Morgan fingerprint density at radius 1 is 1.36 bits per heavy atom. The number of hydrogen-bond donors (Lipinski definition) is 2. The quantitative estimate of drug-likeness (QED) is 0.897. The first-order valence-electron chi connectivity index (χ1n) is 7.89. The molecule has 2 unspecified atom stereocenters. The van der Waals surface area contributed by atoms with E-state index in [1.807, 2.05) is 0 Å². The van der Waals surface area contributed by atoms with Gasteiger partial charge in [-0.25, -0.2) is 0 Å². The van der Waals surface area contributed by atoms with Crippen LogP contribution in [0.4, 0.5) is 5.00 Å². The average molecular weight is 322 g/mol. The molecule has 0 spiro atoms. The third kappa shape index (κ3) is 3.03. The van der Waals surface area contributed by atoms with Crippen LogP contribution in [0.5, 0.6) is 0 Å². The number of ether oxygens (including phenoxy) is 1. The summed E-state index contributed by atoms with van der Waals surface area (Å²) in [5.74, 6) is 0.185. The molecule has 3 rings (SSSR count). The predicted molar refractivity (Wildman–Crippen MR) is 85.9 cm³/mol. The van der Waals surface area contributed by atoms with Gasteiger partial charge in [-0.1, -0.05) is 19.8 Å². The van der Waals surface area contributed by atoms with Gasteiger partial charge >= 0.3 is 0 Å². The van der Waals surface area contributed by atoms with Crippen molar-refractivity contribution < 1.29 is 14.3 Å². The zero-order valence-corrected chi connectivity index (χ0v) is 13.6. The Kier molecular flexibility index (Phi) is 4.49. The summed E-state index contributed by atoms with van der Waals surface area (Å²) in [5, 5.41) is 3.57. The molecule has 1 aliphatic carbocycles. The molecule has 1 aromatic heterocycles. The zero-order chi connectivity index (χ0) is 15.7. The van der Waals surface area contributed by atoms with E-state index in [2.05, 4.69) is 12.2 Å². The lowest BCUT2D eigenvalue weighted by Crippen LogP contribution is -2.28. The van der Waals surface area contributed by atoms with Crippen molar-refractivity contribution in [2.45, 2.75) is 45.6 Å². The number of primary amides is 1. The summed E-state index contributed by atoms with van der Waals surface area (Å²) in [7, 11) is 0. The van der Waals surface area contributed by atoms with Crippen LogP contribution in [-0.2, 0) is 22.6 Å². The second-order valence-electron chi connectivity index (χ2n) is 6.33. The number of rotatable bonds is 3. The lowest BCUT2D eigenvalue weighted by atomic mass is 9.82. The average Bonchev–Trinajstić information content (AvgIpc) is 2.85. The Bertz CT molecular complexity index is 596. The van der Waals surface area contributed by atoms with Gasteiger partial charge in [-0.05, 0) is 30.7 Å². The molecule has 1 fully saturated rings. The van der Waals surface area contributed by atoms with Gasteiger partial charge in [0.1, 0.15) is 5.00 Å². The molecular formula is C16H22N2O3S. The van der Waals surface area contributed by atoms with Crippen LogP contribution in [-0.4, -0.2) is 18.4 Å². The smallest absolute Gasteiger partial charge is 0.251 e. The number of fused-ring (bicyclic) bond motifs is 1. The van der Waals surface area contributed by atoms with Crippen LogP contribution in [0.1, 0.15) is 53.4 Å². The first kappa shape index (κ1) is 15.5. The summed E-state index contributed by atoms with van der Waals surface area (Å²) in [6.07, 6.45) is 4.82. The molecule has 1 aromatic rings. The maximum atomic E-state index is 12.5. The molecule has 1 aliphatic heterocycles. The molecule has 0 bridgehead atoms. The van der Waals surface area contributed by atoms with Gasteiger partial charge in [-0.15, -0.1) is 11.3 Å². The fourth-order valence-corrected chi connectivity index (χ4v) is 4.66. The topological polar surface area (TPSA) is 81.4 Å². The number of amides is 2. The molecule has 5 nitrogen and oxygen atoms in total. The molecule has 2 amide bonds. The molecule has 0 aromatic carbocycles. The minimum absolute atomic E-state index is 0.0218. The highest BCUT2D eigenvalue weighted by molar-refractivity contribution is 7.17. The van der Waals surface area contributed by atoms with E-state index in [-0.39, 0.29) is 11.8 Å². The molecule has 2 aliphatic rings. The van der Waals surface area contributed by atoms with Gasteiger partial charge in [0, 0.05) is 10.8 Å². The van der Waals surface area contributed by atoms with Crippen LogP contribution in [0.3, 0.4) is 0 Å². The molecule has 2 heterocycles. The van der Waals surface area contributed by atoms with Gasteiger partial charge in [0.25, 0.3) is 5.91 Å². The Hall–Kier alpha value is -1.40. The minimum Gasteiger partial charge on any atom is -0.376 e. The second-order valence-corrected chi connectivity index (χ2v) is 7.44. The lowest BCUT2D eigenvalue weighted by Gasteiger charge is -2.25. The molecule has 120 valence electrons. The third-order valence-corrected chi connectivity index (χ3v) is 5.73. The lowest BCUT2D eigenvalue weighted by molar-refractivity contribution is -0.121. The van der Waals surface area contributed by atoms with Crippen molar-refractivity contribution in [3.63, 3.8) is 0 Å². The summed E-state index contributed by atoms with van der Waals surface area (Å²) in [6.45, 7) is 3.28. The molecule has 0 saturated heterocycles. The van der Waals surface area contributed by atoms with E-state index in [4.69, 9.17) is 10.5 Å². The molecule has 0 radical (unpaired) electrons. The fraction of sp³-hybridized carbons (Fsp3) is 0.625. The number of carbonyl (C=O) groups excluding carboxylic acids is 2. The Morgan fingerprint density at radius 2 is 2.18 bits per heavy atom. The molecule has 1 saturated carbocycles. The van der Waals surface area contributed by atoms with E-state index >= 15 is 0 Å². The normalized spacial score (nSPS) is 24.6. The number of anilines is 1. The van der Waals surface area contributed by atoms with E-state index in [0.717, 1.165) is 29.7 Å². The van der Waals surface area contributed by atoms with Crippen LogP contribution < -0.4 is 11.1 Å². The van der Waals surface area contributed by atoms with Crippen LogP contribution >= 0.6 is 11.3 Å². The first-order chi connectivity index (χ1) is 10.6. The molecular weight excluding hydrogens is 300 g/mol. The summed E-state index contributed by atoms with van der Waals surface area (Å²) < 4.78 is 5.42. The highest BCUT2D eigenvalue weighted by atomic mass is 32.1. The van der Waals surface area contributed by atoms with Crippen molar-refractivity contribution in [1.29, 1.82) is 0 Å². The fourth-order valence-electron chi connectivity index (χ4n) is 3.47. The Balaban J connectivity index is 1.81. The van der Waals surface area contributed by atoms with Crippen LogP contribution in [0.25, 0.3) is 0 Å². The van der Waals surface area contributed by atoms with E-state index in [9.17, 15) is 9.59 Å². The highest BCUT2D eigenvalue weighted by Crippen LogP contribution is 2.37. The summed E-state index contributed by atoms with van der Waals surface area (Å²) in [6, 6.07) is 0. The number of carbonyl (C=O) groups is 2. The van der Waals surface area contributed by atoms with Gasteiger partial charge in [-0.3, -0.25) is 9.59 Å². The minimum atomic E-state index is -0.466. The van der Waals surface area contributed by atoms with Gasteiger partial charge in [0.15, 0.2) is 0 Å². The maximum absolute atomic E-state index is 12.5. The van der Waals surface area contributed by atoms with Crippen molar-refractivity contribution in [3.05, 3.63) is 16.0 Å². The third-order valence-electron chi connectivity index (χ3n) is 4.61. The van der Waals surface area contributed by atoms with Crippen molar-refractivity contribution in [1.82, 2.24) is 0 Å². The van der Waals surface area contributed by atoms with Crippen molar-refractivity contribution in [2.24, 2.45) is 17.6 Å². The predicted octanol–water partition coefficient (Wildman–Crippen LogP) is 2.68. The Morgan fingerprint density at radius 3 is 2.91 bits per heavy atom. The van der Waals surface area contributed by atoms with E-state index in [1.54, 1.807) is 0 Å². The first-order valence-corrected chi connectivity index (χ1v) is 8.71. The van der Waals surface area contributed by atoms with Gasteiger partial charge < -0.3 is 15.8 Å². The molecule has 2 atom stereocenters. The number of thiophene rings is 1. The summed E-state index contributed by atoms with van der Waals surface area (Å²) in [4.78, 5) is 25.3. The van der Waals surface area contributed by atoms with Crippen molar-refractivity contribution >= 4 is 28.2 Å². The highest BCUT2D eigenvalue weighted by Gasteiger charge is 2.29. The molecule has 22 heavy (non-hydrogen) atoms. The van der Waals surface area contributed by atoms with E-state index < -0.39 is 5.91 Å². The Labute approximate surface area is 134 Å². The summed E-state index contributed by atoms with van der Waals surface area (Å²) in [5.41, 5.74) is 6.98.